The summed E-state index contributed by atoms with van der Waals surface area (Å²) in [7, 11) is 0. The van der Waals surface area contributed by atoms with Crippen molar-refractivity contribution in [3.05, 3.63) is 0 Å². The molecule has 0 aromatic heterocycles. The van der Waals surface area contributed by atoms with Crippen LogP contribution in [0.2, 0.25) is 0 Å². The summed E-state index contributed by atoms with van der Waals surface area (Å²) in [6.45, 7) is 6.58. The lowest BCUT2D eigenvalue weighted by atomic mass is 10.0. The zero-order chi connectivity index (χ0) is 9.19. The first-order valence-corrected chi connectivity index (χ1v) is 4.36. The highest BCUT2D eigenvalue weighted by Gasteiger charge is 2.30. The van der Waals surface area contributed by atoms with Crippen LogP contribution in [-0.4, -0.2) is 24.8 Å². The first kappa shape index (κ1) is 9.68. The second-order valence-electron chi connectivity index (χ2n) is 3.54. The molecule has 0 radical (unpaired) electrons. The molecule has 1 aliphatic rings. The Morgan fingerprint density at radius 3 is 2.33 bits per heavy atom. The summed E-state index contributed by atoms with van der Waals surface area (Å²) < 4.78 is 10.7. The van der Waals surface area contributed by atoms with E-state index in [1.807, 2.05) is 20.8 Å². The molecule has 3 nitrogen and oxygen atoms in total. The Bertz CT molecular complexity index is 165. The molecule has 1 rings (SSSR count). The molecule has 0 saturated carbocycles. The first-order chi connectivity index (χ1) is 5.55. The van der Waals surface area contributed by atoms with Gasteiger partial charge in [0.05, 0.1) is 19.1 Å². The van der Waals surface area contributed by atoms with Gasteiger partial charge in [-0.05, 0) is 13.8 Å². The monoisotopic (exact) mass is 172 g/mol. The van der Waals surface area contributed by atoms with E-state index in [9.17, 15) is 4.79 Å². The van der Waals surface area contributed by atoms with Crippen molar-refractivity contribution in [1.29, 1.82) is 0 Å². The molecule has 12 heavy (non-hydrogen) atoms. The van der Waals surface area contributed by atoms with E-state index in [2.05, 4.69) is 0 Å². The quantitative estimate of drug-likeness (QED) is 0.631. The smallest absolute Gasteiger partial charge is 0.162 e. The van der Waals surface area contributed by atoms with Gasteiger partial charge in [0.1, 0.15) is 5.78 Å². The van der Waals surface area contributed by atoms with Gasteiger partial charge in [0.15, 0.2) is 5.79 Å². The van der Waals surface area contributed by atoms with Crippen LogP contribution in [0.15, 0.2) is 0 Å². The largest absolute Gasteiger partial charge is 0.350 e. The van der Waals surface area contributed by atoms with Gasteiger partial charge >= 0.3 is 0 Å². The van der Waals surface area contributed by atoms with E-state index >= 15 is 0 Å². The Kier molecular flexibility index (Phi) is 2.85. The summed E-state index contributed by atoms with van der Waals surface area (Å²) in [4.78, 5) is 11.2. The van der Waals surface area contributed by atoms with Crippen molar-refractivity contribution in [2.75, 3.05) is 13.2 Å². The van der Waals surface area contributed by atoms with Crippen molar-refractivity contribution in [1.82, 2.24) is 0 Å². The molecule has 1 fully saturated rings. The SMILES string of the molecule is CCC(=O)C1COC(C)(C)OC1. The van der Waals surface area contributed by atoms with Crippen LogP contribution in [0.4, 0.5) is 0 Å². The van der Waals surface area contributed by atoms with Crippen molar-refractivity contribution >= 4 is 5.78 Å². The minimum atomic E-state index is -0.509. The van der Waals surface area contributed by atoms with Gasteiger partial charge in [-0.3, -0.25) is 4.79 Å². The molecule has 0 aromatic rings. The summed E-state index contributed by atoms with van der Waals surface area (Å²) in [6, 6.07) is 0. The lowest BCUT2D eigenvalue weighted by Gasteiger charge is -2.34. The van der Waals surface area contributed by atoms with Gasteiger partial charge in [0, 0.05) is 6.42 Å². The Labute approximate surface area is 73.0 Å². The van der Waals surface area contributed by atoms with Gasteiger partial charge in [-0.25, -0.2) is 0 Å². The Morgan fingerprint density at radius 2 is 1.92 bits per heavy atom. The highest BCUT2D eigenvalue weighted by molar-refractivity contribution is 5.81. The third kappa shape index (κ3) is 2.29. The van der Waals surface area contributed by atoms with Crippen molar-refractivity contribution in [2.24, 2.45) is 5.92 Å². The topological polar surface area (TPSA) is 35.5 Å². The number of carbonyl (C=O) groups is 1. The second kappa shape index (κ2) is 3.54. The van der Waals surface area contributed by atoms with Gasteiger partial charge in [-0.1, -0.05) is 6.92 Å². The Hall–Kier alpha value is -0.410. The molecule has 0 bridgehead atoms. The van der Waals surface area contributed by atoms with Gasteiger partial charge < -0.3 is 9.47 Å². The molecule has 0 N–H and O–H groups in total. The van der Waals surface area contributed by atoms with E-state index in [0.717, 1.165) is 0 Å². The normalized spacial score (nSPS) is 23.9. The molecule has 0 atom stereocenters. The van der Waals surface area contributed by atoms with Crippen LogP contribution in [-0.2, 0) is 14.3 Å². The third-order valence-corrected chi connectivity index (χ3v) is 2.07. The molecule has 0 amide bonds. The van der Waals surface area contributed by atoms with E-state index in [0.29, 0.717) is 19.6 Å². The number of ether oxygens (including phenoxy) is 2. The zero-order valence-electron chi connectivity index (χ0n) is 7.92. The van der Waals surface area contributed by atoms with Crippen LogP contribution in [0, 0.1) is 5.92 Å². The molecule has 70 valence electrons. The van der Waals surface area contributed by atoms with Gasteiger partial charge in [0.25, 0.3) is 0 Å². The van der Waals surface area contributed by atoms with Gasteiger partial charge in [0.2, 0.25) is 0 Å². The molecule has 0 aromatic carbocycles. The van der Waals surface area contributed by atoms with E-state index in [1.165, 1.54) is 0 Å². The van der Waals surface area contributed by atoms with Crippen molar-refractivity contribution in [3.8, 4) is 0 Å². The van der Waals surface area contributed by atoms with Crippen LogP contribution in [0.5, 0.6) is 0 Å². The predicted octanol–water partition coefficient (Wildman–Crippen LogP) is 1.36. The van der Waals surface area contributed by atoms with Crippen LogP contribution in [0.25, 0.3) is 0 Å². The lowest BCUT2D eigenvalue weighted by molar-refractivity contribution is -0.258. The fourth-order valence-electron chi connectivity index (χ4n) is 1.17. The number of rotatable bonds is 2. The fraction of sp³-hybridized carbons (Fsp3) is 0.889. The van der Waals surface area contributed by atoms with Crippen molar-refractivity contribution in [3.63, 3.8) is 0 Å². The minimum absolute atomic E-state index is 0.0528. The average Bonchev–Trinajstić information content (AvgIpc) is 2.03. The summed E-state index contributed by atoms with van der Waals surface area (Å²) in [5.74, 6) is -0.335. The molecule has 0 spiro atoms. The predicted molar refractivity (Wildman–Crippen MR) is 44.8 cm³/mol. The Balaban J connectivity index is 2.41. The standard InChI is InChI=1S/C9H16O3/c1-4-8(10)7-5-11-9(2,3)12-6-7/h7H,4-6H2,1-3H3. The summed E-state index contributed by atoms with van der Waals surface area (Å²) in [5, 5.41) is 0. The highest BCUT2D eigenvalue weighted by Crippen LogP contribution is 2.21. The lowest BCUT2D eigenvalue weighted by Crippen LogP contribution is -2.41. The highest BCUT2D eigenvalue weighted by atomic mass is 16.7. The maximum absolute atomic E-state index is 11.2. The first-order valence-electron chi connectivity index (χ1n) is 4.36. The maximum Gasteiger partial charge on any atom is 0.162 e. The molecule has 1 saturated heterocycles. The van der Waals surface area contributed by atoms with Crippen LogP contribution in [0.3, 0.4) is 0 Å². The molecule has 1 heterocycles. The van der Waals surface area contributed by atoms with Crippen LogP contribution < -0.4 is 0 Å². The molecule has 3 heteroatoms. The minimum Gasteiger partial charge on any atom is -0.350 e. The number of Topliss-reactive ketones (excluding diaryl/α,β-unsaturated/α-hetero) is 1. The van der Waals surface area contributed by atoms with Crippen molar-refractivity contribution in [2.45, 2.75) is 33.0 Å². The number of hydrogen-bond acceptors (Lipinski definition) is 3. The number of ketones is 1. The molecule has 0 unspecified atom stereocenters. The molecular weight excluding hydrogens is 156 g/mol. The van der Waals surface area contributed by atoms with E-state index in [1.54, 1.807) is 0 Å². The van der Waals surface area contributed by atoms with E-state index in [-0.39, 0.29) is 11.7 Å². The second-order valence-corrected chi connectivity index (χ2v) is 3.54. The zero-order valence-corrected chi connectivity index (χ0v) is 7.92. The van der Waals surface area contributed by atoms with Crippen LogP contribution >= 0.6 is 0 Å². The van der Waals surface area contributed by atoms with Crippen LogP contribution in [0.1, 0.15) is 27.2 Å². The molecular formula is C9H16O3. The third-order valence-electron chi connectivity index (χ3n) is 2.07. The Morgan fingerprint density at radius 1 is 1.42 bits per heavy atom. The molecule has 0 aliphatic carbocycles. The van der Waals surface area contributed by atoms with E-state index in [4.69, 9.17) is 9.47 Å². The van der Waals surface area contributed by atoms with E-state index < -0.39 is 5.79 Å². The van der Waals surface area contributed by atoms with Gasteiger partial charge in [-0.2, -0.15) is 0 Å². The maximum atomic E-state index is 11.2. The summed E-state index contributed by atoms with van der Waals surface area (Å²) in [6.07, 6.45) is 0.567. The summed E-state index contributed by atoms with van der Waals surface area (Å²) in [5.41, 5.74) is 0. The van der Waals surface area contributed by atoms with Gasteiger partial charge in [-0.15, -0.1) is 0 Å². The van der Waals surface area contributed by atoms with Crippen molar-refractivity contribution < 1.29 is 14.3 Å². The number of carbonyl (C=O) groups excluding carboxylic acids is 1. The summed E-state index contributed by atoms with van der Waals surface area (Å²) >= 11 is 0. The molecule has 1 aliphatic heterocycles. The fourth-order valence-corrected chi connectivity index (χ4v) is 1.17. The average molecular weight is 172 g/mol. The number of hydrogen-bond donors (Lipinski definition) is 0.